The van der Waals surface area contributed by atoms with Gasteiger partial charge in [0, 0.05) is 49.7 Å². The molecule has 0 saturated carbocycles. The van der Waals surface area contributed by atoms with Gasteiger partial charge >= 0.3 is 0 Å². The lowest BCUT2D eigenvalue weighted by Gasteiger charge is -2.28. The molecule has 0 radical (unpaired) electrons. The van der Waals surface area contributed by atoms with Crippen LogP contribution in [0.1, 0.15) is 36.1 Å². The fourth-order valence-electron chi connectivity index (χ4n) is 5.79. The van der Waals surface area contributed by atoms with Crippen LogP contribution in [0.25, 0.3) is 0 Å². The van der Waals surface area contributed by atoms with Crippen molar-refractivity contribution >= 4 is 37.3 Å². The molecule has 10 nitrogen and oxygen atoms in total. The second-order valence-electron chi connectivity index (χ2n) is 12.1. The van der Waals surface area contributed by atoms with Crippen molar-refractivity contribution in [3.05, 3.63) is 144 Å². The molecule has 0 aliphatic carbocycles. The van der Waals surface area contributed by atoms with Crippen LogP contribution in [0.15, 0.2) is 132 Å². The predicted molar refractivity (Wildman–Crippen MR) is 189 cm³/mol. The van der Waals surface area contributed by atoms with Crippen LogP contribution in [0.5, 0.6) is 0 Å². The number of anilines is 2. The van der Waals surface area contributed by atoms with E-state index in [1.807, 2.05) is 48.2 Å². The fraction of sp³-hybridized carbons (Fsp3) is 0.216. The Morgan fingerprint density at radius 3 is 1.47 bits per heavy atom. The molecule has 0 unspecified atom stereocenters. The Labute approximate surface area is 289 Å². The van der Waals surface area contributed by atoms with Gasteiger partial charge in [0.15, 0.2) is 12.4 Å². The molecule has 0 N–H and O–H groups in total. The van der Waals surface area contributed by atoms with E-state index in [0.29, 0.717) is 11.1 Å². The van der Waals surface area contributed by atoms with Crippen LogP contribution >= 0.6 is 0 Å². The lowest BCUT2D eigenvalue weighted by Crippen LogP contribution is -2.39. The first-order valence-corrected chi connectivity index (χ1v) is 18.7. The Morgan fingerprint density at radius 1 is 0.653 bits per heavy atom. The summed E-state index contributed by atoms with van der Waals surface area (Å²) < 4.78 is 73.4. The third kappa shape index (κ3) is 8.53. The van der Waals surface area contributed by atoms with E-state index >= 15 is 0 Å². The summed E-state index contributed by atoms with van der Waals surface area (Å²) in [5, 5.41) is 0. The average molecular weight is 701 g/mol. The quantitative estimate of drug-likeness (QED) is 0.109. The van der Waals surface area contributed by atoms with Crippen molar-refractivity contribution in [2.45, 2.75) is 36.7 Å². The van der Waals surface area contributed by atoms with Gasteiger partial charge in [-0.1, -0.05) is 24.3 Å². The third-order valence-electron chi connectivity index (χ3n) is 8.77. The minimum absolute atomic E-state index is 0.200. The van der Waals surface area contributed by atoms with Crippen molar-refractivity contribution < 1.29 is 35.0 Å². The topological polar surface area (TPSA) is 124 Å². The lowest BCUT2D eigenvalue weighted by atomic mass is 10.0. The van der Waals surface area contributed by atoms with Crippen molar-refractivity contribution in [1.82, 2.24) is 0 Å². The maximum atomic E-state index is 11.8. The van der Waals surface area contributed by atoms with Crippen LogP contribution in [0.3, 0.4) is 0 Å². The molecular weight excluding hydrogens is 661 g/mol. The van der Waals surface area contributed by atoms with E-state index in [9.17, 15) is 25.9 Å². The summed E-state index contributed by atoms with van der Waals surface area (Å²) in [6, 6.07) is 27.9. The van der Waals surface area contributed by atoms with Gasteiger partial charge in [0.05, 0.1) is 22.9 Å². The summed E-state index contributed by atoms with van der Waals surface area (Å²) in [5.74, 6) is 0. The molecule has 0 atom stereocenters. The lowest BCUT2D eigenvalue weighted by molar-refractivity contribution is -0.832. The van der Waals surface area contributed by atoms with E-state index in [2.05, 4.69) is 67.5 Å². The van der Waals surface area contributed by atoms with Crippen molar-refractivity contribution in [2.24, 2.45) is 0 Å². The highest BCUT2D eigenvalue weighted by Gasteiger charge is 2.27. The van der Waals surface area contributed by atoms with Crippen molar-refractivity contribution in [3.63, 3.8) is 0 Å². The molecule has 0 saturated heterocycles. The van der Waals surface area contributed by atoms with Crippen LogP contribution in [-0.4, -0.2) is 67.9 Å². The molecule has 4 aromatic carbocycles. The van der Waals surface area contributed by atoms with E-state index in [4.69, 9.17) is 0 Å². The first kappa shape index (κ1) is 35.7. The van der Waals surface area contributed by atoms with Crippen LogP contribution in [0.2, 0.25) is 0 Å². The number of hydrogen-bond acceptors (Lipinski definition) is 8. The summed E-state index contributed by atoms with van der Waals surface area (Å²) in [4.78, 5) is 3.30. The number of rotatable bonds is 12. The van der Waals surface area contributed by atoms with Gasteiger partial charge in [-0.25, -0.2) is 16.8 Å². The third-order valence-corrected chi connectivity index (χ3v) is 10.4. The minimum Gasteiger partial charge on any atom is -0.744 e. The van der Waals surface area contributed by atoms with E-state index in [-0.39, 0.29) is 22.9 Å². The predicted octanol–water partition coefficient (Wildman–Crippen LogP) is 5.43. The van der Waals surface area contributed by atoms with Gasteiger partial charge in [-0.2, -0.15) is 4.58 Å². The normalized spacial score (nSPS) is 14.1. The highest BCUT2D eigenvalue weighted by Crippen LogP contribution is 2.26. The van der Waals surface area contributed by atoms with Gasteiger partial charge in [-0.15, -0.1) is 0 Å². The Morgan fingerprint density at radius 2 is 1.08 bits per heavy atom. The summed E-state index contributed by atoms with van der Waals surface area (Å²) in [5.41, 5.74) is 5.91. The molecule has 256 valence electrons. The second-order valence-corrected chi connectivity index (χ2v) is 14.9. The number of benzene rings is 4. The van der Waals surface area contributed by atoms with Gasteiger partial charge in [0.25, 0.3) is 0 Å². The molecule has 0 fully saturated rings. The number of nitrogens with zero attached hydrogens (tertiary/aromatic N) is 4. The Hall–Kier alpha value is -4.59. The largest absolute Gasteiger partial charge is 0.744 e. The smallest absolute Gasteiger partial charge is 0.228 e. The van der Waals surface area contributed by atoms with E-state index in [1.54, 1.807) is 12.1 Å². The number of hydrogen-bond donors (Lipinski definition) is 0. The summed E-state index contributed by atoms with van der Waals surface area (Å²) >= 11 is 0. The van der Waals surface area contributed by atoms with Gasteiger partial charge in [0.2, 0.25) is 18.1 Å². The monoisotopic (exact) mass is 700 g/mol. The van der Waals surface area contributed by atoms with E-state index < -0.39 is 20.2 Å². The molecule has 5 rings (SSSR count). The maximum Gasteiger partial charge on any atom is 0.228 e. The Bertz CT molecular complexity index is 2020. The summed E-state index contributed by atoms with van der Waals surface area (Å²) in [6.45, 7) is 6.59. The zero-order chi connectivity index (χ0) is 35.4. The summed E-state index contributed by atoms with van der Waals surface area (Å²) in [7, 11) is -5.34. The van der Waals surface area contributed by atoms with Crippen molar-refractivity contribution in [1.29, 1.82) is 0 Å². The van der Waals surface area contributed by atoms with Gasteiger partial charge in [-0.05, 0) is 97.8 Å². The molecule has 1 aliphatic rings. The van der Waals surface area contributed by atoms with Crippen molar-refractivity contribution in [2.75, 3.05) is 37.0 Å². The average Bonchev–Trinajstić information content (AvgIpc) is 3.08. The zero-order valence-corrected chi connectivity index (χ0v) is 29.6. The molecule has 1 heterocycles. The Balaban J connectivity index is 1.57. The zero-order valence-electron chi connectivity index (χ0n) is 27.9. The van der Waals surface area contributed by atoms with E-state index in [0.717, 1.165) is 45.8 Å². The molecule has 1 aliphatic heterocycles. The van der Waals surface area contributed by atoms with Crippen molar-refractivity contribution in [3.8, 4) is 0 Å². The van der Waals surface area contributed by atoms with Crippen LogP contribution in [0.4, 0.5) is 11.4 Å². The molecule has 0 spiro atoms. The highest BCUT2D eigenvalue weighted by molar-refractivity contribution is 7.86. The molecule has 12 heteroatoms. The first-order valence-electron chi connectivity index (χ1n) is 15.8. The SMILES string of the molecule is CC[N+]1(CC)C=C[N+](=C(c2ccc(N(C)C)cc2)c2ccc(N(Cc3cccc(S(=O)(=O)[O-])c3)Cc3cccc(S(=O)(=O)[O-])c3)cc2)C=C1. The molecule has 0 amide bonds. The van der Waals surface area contributed by atoms with Gasteiger partial charge in [-0.3, -0.25) is 4.48 Å². The molecule has 0 bridgehead atoms. The molecule has 4 aromatic rings. The van der Waals surface area contributed by atoms with Gasteiger partial charge in [0.1, 0.15) is 20.2 Å². The fourth-order valence-corrected chi connectivity index (χ4v) is 6.88. The maximum absolute atomic E-state index is 11.8. The number of quaternary nitrogens is 1. The van der Waals surface area contributed by atoms with Crippen LogP contribution in [0, 0.1) is 0 Å². The molecule has 49 heavy (non-hydrogen) atoms. The first-order chi connectivity index (χ1) is 23.2. The molecule has 0 aromatic heterocycles. The minimum atomic E-state index is -4.67. The van der Waals surface area contributed by atoms with Crippen LogP contribution < -0.4 is 9.80 Å². The van der Waals surface area contributed by atoms with Crippen LogP contribution in [-0.2, 0) is 33.3 Å². The van der Waals surface area contributed by atoms with E-state index in [1.165, 1.54) is 36.4 Å². The Kier molecular flexibility index (Phi) is 10.6. The summed E-state index contributed by atoms with van der Waals surface area (Å²) in [6.07, 6.45) is 8.57. The standard InChI is InChI=1S/C37H40N4O6S2/c1-5-41(6-2)23-21-39(22-24-41)37(31-13-17-33(18-14-31)38(3)4)32-15-19-34(20-16-32)40(27-29-9-7-11-35(25-29)48(42,43)44)28-30-10-8-12-36(26-30)49(45,46)47/h7-26H,5-6,27-28H2,1-4H3. The molecular formula is C37H40N4O6S2. The second kappa shape index (κ2) is 14.5. The van der Waals surface area contributed by atoms with Gasteiger partial charge < -0.3 is 18.9 Å². The highest BCUT2D eigenvalue weighted by atomic mass is 32.2.